The summed E-state index contributed by atoms with van der Waals surface area (Å²) < 4.78 is 104. The molecule has 0 atom stereocenters. The van der Waals surface area contributed by atoms with Crippen LogP contribution in [0.25, 0.3) is 11.1 Å². The maximum Gasteiger partial charge on any atom is 0.400 e. The van der Waals surface area contributed by atoms with Crippen molar-refractivity contribution in [3.05, 3.63) is 60.1 Å². The molecule has 33 heavy (non-hydrogen) atoms. The summed E-state index contributed by atoms with van der Waals surface area (Å²) in [5.74, 6) is -3.88. The number of hydrogen-bond acceptors (Lipinski definition) is 2. The number of ether oxygens (including phenoxy) is 2. The Bertz CT molecular complexity index is 954. The van der Waals surface area contributed by atoms with Gasteiger partial charge in [0.15, 0.2) is 0 Å². The second-order valence-electron chi connectivity index (χ2n) is 8.09. The third-order valence-electron chi connectivity index (χ3n) is 5.79. The molecule has 0 saturated heterocycles. The average molecular weight is 476 g/mol. The number of benzene rings is 2. The highest BCUT2D eigenvalue weighted by molar-refractivity contribution is 5.66. The zero-order valence-corrected chi connectivity index (χ0v) is 17.8. The molecular formula is C24H23F7O2. The van der Waals surface area contributed by atoms with Crippen LogP contribution in [0.2, 0.25) is 0 Å². The summed E-state index contributed by atoms with van der Waals surface area (Å²) in [5, 5.41) is 0. The van der Waals surface area contributed by atoms with Crippen molar-refractivity contribution in [1.29, 1.82) is 0 Å². The molecule has 2 aromatic carbocycles. The molecule has 0 heterocycles. The van der Waals surface area contributed by atoms with Gasteiger partial charge in [0, 0.05) is 12.1 Å². The molecule has 2 nitrogen and oxygen atoms in total. The third-order valence-corrected chi connectivity index (χ3v) is 5.79. The van der Waals surface area contributed by atoms with Crippen molar-refractivity contribution >= 4 is 0 Å². The Morgan fingerprint density at radius 2 is 1.48 bits per heavy atom. The molecule has 1 aliphatic rings. The molecular weight excluding hydrogens is 453 g/mol. The first-order chi connectivity index (χ1) is 15.6. The summed E-state index contributed by atoms with van der Waals surface area (Å²) >= 11 is 0. The van der Waals surface area contributed by atoms with Crippen LogP contribution in [0.1, 0.15) is 45.4 Å². The van der Waals surface area contributed by atoms with E-state index in [0.29, 0.717) is 30.9 Å². The molecule has 0 amide bonds. The molecule has 0 spiro atoms. The van der Waals surface area contributed by atoms with Gasteiger partial charge in [0.1, 0.15) is 23.1 Å². The number of rotatable bonds is 8. The van der Waals surface area contributed by atoms with Crippen LogP contribution < -0.4 is 9.47 Å². The van der Waals surface area contributed by atoms with Crippen molar-refractivity contribution in [1.82, 2.24) is 0 Å². The smallest absolute Gasteiger partial charge is 0.400 e. The van der Waals surface area contributed by atoms with Crippen LogP contribution in [0.5, 0.6) is 11.5 Å². The molecule has 0 radical (unpaired) electrons. The maximum absolute atomic E-state index is 14.6. The van der Waals surface area contributed by atoms with Gasteiger partial charge in [-0.15, -0.1) is 0 Å². The van der Waals surface area contributed by atoms with Crippen LogP contribution in [0.4, 0.5) is 30.7 Å². The van der Waals surface area contributed by atoms with Gasteiger partial charge in [0.05, 0.1) is 11.5 Å². The first-order valence-corrected chi connectivity index (χ1v) is 10.7. The highest BCUT2D eigenvalue weighted by Crippen LogP contribution is 2.42. The minimum absolute atomic E-state index is 0.0324. The standard InChI is InChI=1S/C24H23F7O2/c1-2-3-14-4-8-16(9-5-14)24(30,31)33-18-12-19(25)21(20(26)13-18)15-6-10-17(11-7-15)32-23(29)22(27)28/h6-7,10-14,16H,2-5,8-9H2,1H3. The molecule has 0 aliphatic heterocycles. The first-order valence-electron chi connectivity index (χ1n) is 10.7. The van der Waals surface area contributed by atoms with Crippen LogP contribution in [0.15, 0.2) is 48.5 Å². The fourth-order valence-corrected chi connectivity index (χ4v) is 4.15. The molecule has 0 aromatic heterocycles. The van der Waals surface area contributed by atoms with E-state index in [1.807, 2.05) is 6.92 Å². The van der Waals surface area contributed by atoms with Crippen molar-refractivity contribution in [2.75, 3.05) is 0 Å². The Kier molecular flexibility index (Phi) is 7.92. The highest BCUT2D eigenvalue weighted by Gasteiger charge is 2.44. The molecule has 1 fully saturated rings. The van der Waals surface area contributed by atoms with Crippen LogP contribution in [-0.4, -0.2) is 6.11 Å². The van der Waals surface area contributed by atoms with E-state index in [9.17, 15) is 30.7 Å². The fourth-order valence-electron chi connectivity index (χ4n) is 4.15. The summed E-state index contributed by atoms with van der Waals surface area (Å²) in [6.45, 7) is 2.05. The van der Waals surface area contributed by atoms with E-state index in [1.165, 1.54) is 0 Å². The molecule has 180 valence electrons. The number of halogens is 7. The van der Waals surface area contributed by atoms with Gasteiger partial charge in [-0.05, 0) is 49.3 Å². The van der Waals surface area contributed by atoms with Crippen molar-refractivity contribution in [3.63, 3.8) is 0 Å². The van der Waals surface area contributed by atoms with Crippen LogP contribution in [0.3, 0.4) is 0 Å². The van der Waals surface area contributed by atoms with Crippen molar-refractivity contribution in [2.45, 2.75) is 51.6 Å². The van der Waals surface area contributed by atoms with Crippen molar-refractivity contribution in [3.8, 4) is 22.6 Å². The van der Waals surface area contributed by atoms with Gasteiger partial charge in [-0.1, -0.05) is 31.9 Å². The van der Waals surface area contributed by atoms with Crippen LogP contribution in [0, 0.1) is 23.5 Å². The van der Waals surface area contributed by atoms with E-state index in [2.05, 4.69) is 4.74 Å². The molecule has 0 unspecified atom stereocenters. The largest absolute Gasteiger partial charge is 0.432 e. The SMILES string of the molecule is CCCC1CCC(C(F)(F)Oc2cc(F)c(-c3ccc(OC(F)=C(F)F)cc3)c(F)c2)CC1. The van der Waals surface area contributed by atoms with E-state index in [0.717, 1.165) is 37.1 Å². The molecule has 9 heteroatoms. The highest BCUT2D eigenvalue weighted by atomic mass is 19.3. The monoisotopic (exact) mass is 476 g/mol. The predicted molar refractivity (Wildman–Crippen MR) is 109 cm³/mol. The number of alkyl halides is 2. The van der Waals surface area contributed by atoms with Gasteiger partial charge in [-0.3, -0.25) is 0 Å². The predicted octanol–water partition coefficient (Wildman–Crippen LogP) is 8.62. The maximum atomic E-state index is 14.6. The van der Waals surface area contributed by atoms with Gasteiger partial charge < -0.3 is 9.47 Å². The Balaban J connectivity index is 1.73. The van der Waals surface area contributed by atoms with Crippen molar-refractivity contribution < 1.29 is 40.2 Å². The summed E-state index contributed by atoms with van der Waals surface area (Å²) in [6, 6.07) is 3.53. The lowest BCUT2D eigenvalue weighted by Crippen LogP contribution is -2.37. The summed E-state index contributed by atoms with van der Waals surface area (Å²) in [4.78, 5) is 0. The zero-order chi connectivity index (χ0) is 24.2. The average Bonchev–Trinajstić information content (AvgIpc) is 2.74. The molecule has 2 aromatic rings. The topological polar surface area (TPSA) is 18.5 Å². The van der Waals surface area contributed by atoms with Crippen LogP contribution >= 0.6 is 0 Å². The van der Waals surface area contributed by atoms with Gasteiger partial charge in [0.25, 0.3) is 0 Å². The second-order valence-corrected chi connectivity index (χ2v) is 8.09. The second kappa shape index (κ2) is 10.5. The van der Waals surface area contributed by atoms with E-state index in [4.69, 9.17) is 4.74 Å². The molecule has 1 aliphatic carbocycles. The van der Waals surface area contributed by atoms with E-state index < -0.39 is 47.1 Å². The van der Waals surface area contributed by atoms with Gasteiger partial charge in [-0.2, -0.15) is 22.0 Å². The zero-order valence-electron chi connectivity index (χ0n) is 17.8. The van der Waals surface area contributed by atoms with E-state index in [1.54, 1.807) is 0 Å². The fraction of sp³-hybridized carbons (Fsp3) is 0.417. The van der Waals surface area contributed by atoms with E-state index >= 15 is 0 Å². The summed E-state index contributed by atoms with van der Waals surface area (Å²) in [6.07, 6.45) is -2.37. The minimum atomic E-state index is -3.57. The molecule has 0 N–H and O–H groups in total. The van der Waals surface area contributed by atoms with E-state index in [-0.39, 0.29) is 24.2 Å². The van der Waals surface area contributed by atoms with Gasteiger partial charge in [0.2, 0.25) is 0 Å². The van der Waals surface area contributed by atoms with Crippen LogP contribution in [-0.2, 0) is 0 Å². The quantitative estimate of drug-likeness (QED) is 0.280. The summed E-state index contributed by atoms with van der Waals surface area (Å²) in [7, 11) is 0. The Labute approximate surface area is 187 Å². The molecule has 0 bridgehead atoms. The normalized spacial score (nSPS) is 18.7. The Hall–Kier alpha value is -2.71. The Morgan fingerprint density at radius 3 is 2.00 bits per heavy atom. The first kappa shape index (κ1) is 24.9. The lowest BCUT2D eigenvalue weighted by Gasteiger charge is -2.33. The van der Waals surface area contributed by atoms with Crippen molar-refractivity contribution in [2.24, 2.45) is 11.8 Å². The minimum Gasteiger partial charge on any atom is -0.432 e. The third kappa shape index (κ3) is 6.21. The lowest BCUT2D eigenvalue weighted by molar-refractivity contribution is -0.223. The van der Waals surface area contributed by atoms with Gasteiger partial charge in [-0.25, -0.2) is 8.78 Å². The Morgan fingerprint density at radius 1 is 0.909 bits per heavy atom. The molecule has 3 rings (SSSR count). The van der Waals surface area contributed by atoms with Gasteiger partial charge >= 0.3 is 18.2 Å². The lowest BCUT2D eigenvalue weighted by atomic mass is 9.79. The molecule has 1 saturated carbocycles. The number of hydrogen-bond donors (Lipinski definition) is 0. The summed E-state index contributed by atoms with van der Waals surface area (Å²) in [5.41, 5.74) is -0.569.